The predicted molar refractivity (Wildman–Crippen MR) is 79.0 cm³/mol. The summed E-state index contributed by atoms with van der Waals surface area (Å²) in [6.07, 6.45) is 6.88. The first-order chi connectivity index (χ1) is 10.2. The molecule has 1 aromatic heterocycles. The minimum atomic E-state index is -0.361. The number of methoxy groups -OCH3 is 1. The van der Waals surface area contributed by atoms with Gasteiger partial charge in [0, 0.05) is 30.4 Å². The first-order valence-electron chi connectivity index (χ1n) is 7.44. The molecule has 1 aromatic rings. The average molecular weight is 290 g/mol. The zero-order valence-corrected chi connectivity index (χ0v) is 12.5. The van der Waals surface area contributed by atoms with Crippen molar-refractivity contribution in [3.05, 3.63) is 30.1 Å². The Hall–Kier alpha value is -1.75. The molecule has 0 bridgehead atoms. The summed E-state index contributed by atoms with van der Waals surface area (Å²) in [4.78, 5) is 30.4. The quantitative estimate of drug-likeness (QED) is 0.592. The Bertz CT molecular complexity index is 470. The van der Waals surface area contributed by atoms with Gasteiger partial charge in [0.1, 0.15) is 0 Å². The van der Waals surface area contributed by atoms with Crippen LogP contribution in [0, 0.1) is 5.92 Å². The summed E-state index contributed by atoms with van der Waals surface area (Å²) in [5, 5.41) is 0. The van der Waals surface area contributed by atoms with Crippen molar-refractivity contribution in [3.63, 3.8) is 0 Å². The molecule has 0 saturated carbocycles. The third-order valence-electron chi connectivity index (χ3n) is 3.88. The van der Waals surface area contributed by atoms with Crippen molar-refractivity contribution in [2.75, 3.05) is 26.7 Å². The van der Waals surface area contributed by atoms with Crippen LogP contribution in [0.2, 0.25) is 0 Å². The van der Waals surface area contributed by atoms with Crippen LogP contribution in [0.3, 0.4) is 0 Å². The lowest BCUT2D eigenvalue weighted by atomic mass is 9.94. The van der Waals surface area contributed by atoms with Crippen LogP contribution >= 0.6 is 0 Å². The largest absolute Gasteiger partial charge is 0.469 e. The number of piperidine rings is 1. The number of ketones is 1. The van der Waals surface area contributed by atoms with Crippen LogP contribution in [0.1, 0.15) is 36.0 Å². The Morgan fingerprint density at radius 2 is 2.10 bits per heavy atom. The van der Waals surface area contributed by atoms with Crippen molar-refractivity contribution >= 4 is 11.8 Å². The number of ether oxygens (including phenoxy) is 1. The van der Waals surface area contributed by atoms with Gasteiger partial charge in [-0.2, -0.15) is 0 Å². The van der Waals surface area contributed by atoms with E-state index >= 15 is 0 Å². The number of rotatable bonds is 6. The normalized spacial score (nSPS) is 17.2. The minimum absolute atomic E-state index is 0.0286. The van der Waals surface area contributed by atoms with Crippen LogP contribution < -0.4 is 0 Å². The van der Waals surface area contributed by atoms with Crippen LogP contribution in [0.25, 0.3) is 0 Å². The molecular formula is C16H22N2O3. The molecule has 114 valence electrons. The van der Waals surface area contributed by atoms with E-state index in [1.165, 1.54) is 13.5 Å². The molecule has 0 radical (unpaired) electrons. The molecule has 0 aromatic carbocycles. The first kappa shape index (κ1) is 15.6. The lowest BCUT2D eigenvalue weighted by Crippen LogP contribution is -2.37. The molecule has 0 aliphatic carbocycles. The number of pyridine rings is 1. The maximum Gasteiger partial charge on any atom is 0.306 e. The molecule has 5 nitrogen and oxygen atoms in total. The van der Waals surface area contributed by atoms with Gasteiger partial charge in [-0.1, -0.05) is 6.42 Å². The Labute approximate surface area is 125 Å². The number of carbonyl (C=O) groups excluding carboxylic acids is 2. The van der Waals surface area contributed by atoms with Crippen molar-refractivity contribution in [2.45, 2.75) is 25.7 Å². The van der Waals surface area contributed by atoms with Gasteiger partial charge in [-0.05, 0) is 38.1 Å². The average Bonchev–Trinajstić information content (AvgIpc) is 2.55. The molecule has 5 heteroatoms. The molecule has 1 fully saturated rings. The smallest absolute Gasteiger partial charge is 0.306 e. The second-order valence-corrected chi connectivity index (χ2v) is 5.44. The molecule has 1 saturated heterocycles. The Morgan fingerprint density at radius 1 is 1.33 bits per heavy atom. The van der Waals surface area contributed by atoms with Crippen molar-refractivity contribution in [1.82, 2.24) is 9.88 Å². The third-order valence-corrected chi connectivity index (χ3v) is 3.88. The topological polar surface area (TPSA) is 59.5 Å². The van der Waals surface area contributed by atoms with Crippen LogP contribution in [0.15, 0.2) is 24.5 Å². The fraction of sp³-hybridized carbons (Fsp3) is 0.562. The van der Waals surface area contributed by atoms with Gasteiger partial charge in [-0.3, -0.25) is 14.6 Å². The van der Waals surface area contributed by atoms with Crippen LogP contribution in [-0.2, 0) is 9.53 Å². The van der Waals surface area contributed by atoms with E-state index in [0.717, 1.165) is 25.9 Å². The van der Waals surface area contributed by atoms with E-state index in [-0.39, 0.29) is 24.1 Å². The lowest BCUT2D eigenvalue weighted by Gasteiger charge is -2.29. The number of hydrogen-bond acceptors (Lipinski definition) is 5. The summed E-state index contributed by atoms with van der Waals surface area (Å²) in [5.41, 5.74) is 0.559. The highest BCUT2D eigenvalue weighted by atomic mass is 16.5. The monoisotopic (exact) mass is 290 g/mol. The zero-order chi connectivity index (χ0) is 15.1. The molecule has 1 aliphatic rings. The van der Waals surface area contributed by atoms with Gasteiger partial charge in [0.2, 0.25) is 0 Å². The molecule has 21 heavy (non-hydrogen) atoms. The Morgan fingerprint density at radius 3 is 2.71 bits per heavy atom. The Balaban J connectivity index is 2.07. The van der Waals surface area contributed by atoms with E-state index in [4.69, 9.17) is 4.74 Å². The van der Waals surface area contributed by atoms with Gasteiger partial charge in [-0.15, -0.1) is 0 Å². The maximum absolute atomic E-state index is 12.6. The highest BCUT2D eigenvalue weighted by Gasteiger charge is 2.26. The summed E-state index contributed by atoms with van der Waals surface area (Å²) < 4.78 is 4.73. The molecule has 0 amide bonds. The summed E-state index contributed by atoms with van der Waals surface area (Å²) in [6, 6.07) is 3.49. The number of hydrogen-bond donors (Lipinski definition) is 0. The fourth-order valence-electron chi connectivity index (χ4n) is 2.72. The lowest BCUT2D eigenvalue weighted by molar-refractivity contribution is -0.141. The number of nitrogens with zero attached hydrogens (tertiary/aromatic N) is 2. The number of likely N-dealkylation sites (tertiary alicyclic amines) is 1. The molecule has 1 unspecified atom stereocenters. The summed E-state index contributed by atoms with van der Waals surface area (Å²) >= 11 is 0. The fourth-order valence-corrected chi connectivity index (χ4v) is 2.72. The van der Waals surface area contributed by atoms with Crippen molar-refractivity contribution < 1.29 is 14.3 Å². The second-order valence-electron chi connectivity index (χ2n) is 5.44. The van der Waals surface area contributed by atoms with Gasteiger partial charge < -0.3 is 9.64 Å². The van der Waals surface area contributed by atoms with Gasteiger partial charge >= 0.3 is 5.97 Å². The third kappa shape index (κ3) is 4.63. The number of esters is 1. The number of carbonyl (C=O) groups is 2. The van der Waals surface area contributed by atoms with Crippen LogP contribution in [0.5, 0.6) is 0 Å². The summed E-state index contributed by atoms with van der Waals surface area (Å²) in [7, 11) is 1.36. The number of Topliss-reactive ketones (excluding diaryl/α,β-unsaturated/α-hetero) is 1. The molecule has 2 heterocycles. The van der Waals surface area contributed by atoms with Crippen molar-refractivity contribution in [1.29, 1.82) is 0 Å². The predicted octanol–water partition coefficient (Wildman–Crippen LogP) is 1.93. The number of aromatic nitrogens is 1. The van der Waals surface area contributed by atoms with Gasteiger partial charge in [0.15, 0.2) is 5.78 Å². The van der Waals surface area contributed by atoms with E-state index in [2.05, 4.69) is 9.88 Å². The SMILES string of the molecule is COC(=O)CC(CN1CCCCC1)C(=O)c1cccnc1. The van der Waals surface area contributed by atoms with E-state index in [1.54, 1.807) is 24.5 Å². The molecule has 1 atom stereocenters. The van der Waals surface area contributed by atoms with Crippen LogP contribution in [-0.4, -0.2) is 48.4 Å². The van der Waals surface area contributed by atoms with Crippen molar-refractivity contribution in [2.24, 2.45) is 5.92 Å². The van der Waals surface area contributed by atoms with E-state index in [0.29, 0.717) is 12.1 Å². The van der Waals surface area contributed by atoms with Gasteiger partial charge in [0.25, 0.3) is 0 Å². The molecule has 1 aliphatic heterocycles. The molecule has 0 N–H and O–H groups in total. The van der Waals surface area contributed by atoms with E-state index in [9.17, 15) is 9.59 Å². The molecule has 0 spiro atoms. The second kappa shape index (κ2) is 7.88. The van der Waals surface area contributed by atoms with E-state index < -0.39 is 0 Å². The minimum Gasteiger partial charge on any atom is -0.469 e. The summed E-state index contributed by atoms with van der Waals surface area (Å²) in [5.74, 6) is -0.729. The highest BCUT2D eigenvalue weighted by molar-refractivity contribution is 5.99. The zero-order valence-electron chi connectivity index (χ0n) is 12.5. The van der Waals surface area contributed by atoms with E-state index in [1.807, 2.05) is 0 Å². The maximum atomic E-state index is 12.6. The molecular weight excluding hydrogens is 268 g/mol. The Kier molecular flexibility index (Phi) is 5.87. The van der Waals surface area contributed by atoms with Gasteiger partial charge in [0.05, 0.1) is 13.5 Å². The van der Waals surface area contributed by atoms with Crippen LogP contribution in [0.4, 0.5) is 0 Å². The van der Waals surface area contributed by atoms with Gasteiger partial charge in [-0.25, -0.2) is 0 Å². The van der Waals surface area contributed by atoms with Crippen molar-refractivity contribution in [3.8, 4) is 0 Å². The highest BCUT2D eigenvalue weighted by Crippen LogP contribution is 2.17. The summed E-state index contributed by atoms with van der Waals surface area (Å²) in [6.45, 7) is 2.61. The standard InChI is InChI=1S/C16H22N2O3/c1-21-15(19)10-14(12-18-8-3-2-4-9-18)16(20)13-6-5-7-17-11-13/h5-7,11,14H,2-4,8-10,12H2,1H3. The first-order valence-corrected chi connectivity index (χ1v) is 7.44. The molecule has 2 rings (SSSR count).